The van der Waals surface area contributed by atoms with Gasteiger partial charge in [-0.3, -0.25) is 4.79 Å². The van der Waals surface area contributed by atoms with Crippen molar-refractivity contribution < 1.29 is 18.0 Å². The van der Waals surface area contributed by atoms with E-state index in [2.05, 4.69) is 0 Å². The normalized spacial score (nSPS) is 11.8. The highest BCUT2D eigenvalue weighted by atomic mass is 19.4. The predicted molar refractivity (Wildman–Crippen MR) is 76.6 cm³/mol. The number of anilines is 1. The highest BCUT2D eigenvalue weighted by Crippen LogP contribution is 2.25. The molecule has 0 radical (unpaired) electrons. The molecule has 108 valence electrons. The molecule has 2 aromatic rings. The second-order valence-electron chi connectivity index (χ2n) is 4.38. The fourth-order valence-electron chi connectivity index (χ4n) is 1.84. The molecule has 0 aromatic heterocycles. The van der Waals surface area contributed by atoms with Gasteiger partial charge in [-0.25, -0.2) is 0 Å². The number of ketones is 1. The molecule has 21 heavy (non-hydrogen) atoms. The molecule has 0 spiro atoms. The number of nitrogens with two attached hydrogens (primary N) is 1. The maximum Gasteiger partial charge on any atom is 0.454 e. The number of halogens is 3. The lowest BCUT2D eigenvalue weighted by molar-refractivity contribution is -0.0885. The highest BCUT2D eigenvalue weighted by Gasteiger charge is 2.39. The van der Waals surface area contributed by atoms with E-state index < -0.39 is 12.0 Å². The second-order valence-corrected chi connectivity index (χ2v) is 4.38. The zero-order valence-corrected chi connectivity index (χ0v) is 10.9. The van der Waals surface area contributed by atoms with Gasteiger partial charge in [-0.05, 0) is 17.2 Å². The molecule has 2 aromatic carbocycles. The third kappa shape index (κ3) is 3.51. The molecule has 2 N–H and O–H groups in total. The van der Waals surface area contributed by atoms with Crippen molar-refractivity contribution >= 4 is 23.6 Å². The summed E-state index contributed by atoms with van der Waals surface area (Å²) in [5, 5.41) is 0. The van der Waals surface area contributed by atoms with Crippen molar-refractivity contribution in [3.05, 3.63) is 65.2 Å². The Morgan fingerprint density at radius 1 is 0.905 bits per heavy atom. The molecule has 0 saturated heterocycles. The van der Waals surface area contributed by atoms with Crippen molar-refractivity contribution in [2.24, 2.45) is 0 Å². The van der Waals surface area contributed by atoms with Gasteiger partial charge in [0.15, 0.2) is 0 Å². The first-order chi connectivity index (χ1) is 9.89. The average Bonchev–Trinajstić information content (AvgIpc) is 2.45. The van der Waals surface area contributed by atoms with E-state index in [1.165, 1.54) is 18.2 Å². The first-order valence-electron chi connectivity index (χ1n) is 6.13. The van der Waals surface area contributed by atoms with Crippen molar-refractivity contribution in [3.63, 3.8) is 0 Å². The number of carbonyl (C=O) groups is 1. The van der Waals surface area contributed by atoms with Crippen LogP contribution in [0.4, 0.5) is 18.9 Å². The number of hydrogen-bond acceptors (Lipinski definition) is 2. The lowest BCUT2D eigenvalue weighted by Crippen LogP contribution is -2.23. The first kappa shape index (κ1) is 14.8. The molecule has 2 nitrogen and oxygen atoms in total. The minimum atomic E-state index is -4.89. The van der Waals surface area contributed by atoms with Crippen LogP contribution >= 0.6 is 0 Å². The van der Waals surface area contributed by atoms with Crippen LogP contribution in [0, 0.1) is 0 Å². The van der Waals surface area contributed by atoms with Crippen molar-refractivity contribution in [2.75, 3.05) is 5.73 Å². The summed E-state index contributed by atoms with van der Waals surface area (Å²) in [4.78, 5) is 11.4. The number of benzene rings is 2. The van der Waals surface area contributed by atoms with Gasteiger partial charge in [-0.1, -0.05) is 54.6 Å². The number of Topliss-reactive ketones (excluding diaryl/α,β-unsaturated/α-hetero) is 1. The van der Waals surface area contributed by atoms with Gasteiger partial charge in [0.25, 0.3) is 5.78 Å². The van der Waals surface area contributed by atoms with Crippen molar-refractivity contribution in [2.45, 2.75) is 6.18 Å². The van der Waals surface area contributed by atoms with Gasteiger partial charge in [-0.2, -0.15) is 13.2 Å². The van der Waals surface area contributed by atoms with Gasteiger partial charge >= 0.3 is 6.18 Å². The Kier molecular flexibility index (Phi) is 4.12. The van der Waals surface area contributed by atoms with Crippen LogP contribution in [0.5, 0.6) is 0 Å². The quantitative estimate of drug-likeness (QED) is 0.523. The van der Waals surface area contributed by atoms with Crippen LogP contribution in [-0.2, 0) is 0 Å². The lowest BCUT2D eigenvalue weighted by Gasteiger charge is -2.08. The summed E-state index contributed by atoms with van der Waals surface area (Å²) in [7, 11) is 0. The minimum Gasteiger partial charge on any atom is -0.398 e. The molecule has 0 aliphatic carbocycles. The number of alkyl halides is 3. The predicted octanol–water partition coefficient (Wildman–Crippen LogP) is 4.18. The van der Waals surface area contributed by atoms with Gasteiger partial charge < -0.3 is 5.73 Å². The van der Waals surface area contributed by atoms with E-state index in [-0.39, 0.29) is 11.1 Å². The van der Waals surface area contributed by atoms with Crippen molar-refractivity contribution in [1.82, 2.24) is 0 Å². The van der Waals surface area contributed by atoms with E-state index in [9.17, 15) is 18.0 Å². The third-order valence-electron chi connectivity index (χ3n) is 2.90. The topological polar surface area (TPSA) is 43.1 Å². The highest BCUT2D eigenvalue weighted by molar-refractivity contribution is 6.03. The van der Waals surface area contributed by atoms with Crippen LogP contribution in [0.2, 0.25) is 0 Å². The monoisotopic (exact) mass is 291 g/mol. The summed E-state index contributed by atoms with van der Waals surface area (Å²) >= 11 is 0. The zero-order valence-electron chi connectivity index (χ0n) is 10.9. The Balaban J connectivity index is 2.38. The molecule has 0 bridgehead atoms. The third-order valence-corrected chi connectivity index (χ3v) is 2.90. The maximum atomic E-state index is 12.5. The van der Waals surface area contributed by atoms with E-state index >= 15 is 0 Å². The minimum absolute atomic E-state index is 0.197. The Bertz CT molecular complexity index is 690. The van der Waals surface area contributed by atoms with Gasteiger partial charge in [0.2, 0.25) is 0 Å². The molecular formula is C16H12F3NO. The fraction of sp³-hybridized carbons (Fsp3) is 0.0625. The van der Waals surface area contributed by atoms with Crippen LogP contribution < -0.4 is 5.73 Å². The summed E-state index contributed by atoms with van der Waals surface area (Å²) in [6.07, 6.45) is -1.86. The number of nitrogen functional groups attached to an aromatic ring is 1. The molecule has 0 amide bonds. The zero-order chi connectivity index (χ0) is 15.5. The molecule has 0 atom stereocenters. The molecule has 0 heterocycles. The summed E-state index contributed by atoms with van der Waals surface area (Å²) in [6.45, 7) is 0. The summed E-state index contributed by atoms with van der Waals surface area (Å²) < 4.78 is 37.6. The molecular weight excluding hydrogens is 279 g/mol. The van der Waals surface area contributed by atoms with Crippen LogP contribution in [-0.4, -0.2) is 12.0 Å². The molecule has 0 unspecified atom stereocenters. The van der Waals surface area contributed by atoms with E-state index in [4.69, 9.17) is 5.73 Å². The van der Waals surface area contributed by atoms with Crippen molar-refractivity contribution in [3.8, 4) is 0 Å². The maximum absolute atomic E-state index is 12.5. The smallest absolute Gasteiger partial charge is 0.398 e. The number of rotatable bonds is 3. The van der Waals surface area contributed by atoms with Crippen LogP contribution in [0.3, 0.4) is 0 Å². The number of para-hydroxylation sites is 1. The molecule has 0 aliphatic heterocycles. The molecule has 0 saturated carbocycles. The van der Waals surface area contributed by atoms with Crippen molar-refractivity contribution in [1.29, 1.82) is 0 Å². The first-order valence-corrected chi connectivity index (χ1v) is 6.13. The molecule has 5 heteroatoms. The Morgan fingerprint density at radius 2 is 1.43 bits per heavy atom. The Hall–Kier alpha value is -2.56. The SMILES string of the molecule is Nc1ccccc1/C=C/c1ccccc1C(=O)C(F)(F)F. The number of carbonyl (C=O) groups excluding carboxylic acids is 1. The van der Waals surface area contributed by atoms with Crippen LogP contribution in [0.25, 0.3) is 12.2 Å². The van der Waals surface area contributed by atoms with Gasteiger partial charge in [-0.15, -0.1) is 0 Å². The van der Waals surface area contributed by atoms with E-state index in [0.717, 1.165) is 6.07 Å². The van der Waals surface area contributed by atoms with E-state index in [1.807, 2.05) is 0 Å². The standard InChI is InChI=1S/C16H12F3NO/c17-16(18,19)15(21)13-7-3-1-5-11(13)9-10-12-6-2-4-8-14(12)20/h1-10H,20H2/b10-9+. The van der Waals surface area contributed by atoms with Crippen LogP contribution in [0.1, 0.15) is 21.5 Å². The Labute approximate surface area is 119 Å². The molecule has 2 rings (SSSR count). The van der Waals surface area contributed by atoms with Crippen LogP contribution in [0.15, 0.2) is 48.5 Å². The molecule has 0 fully saturated rings. The largest absolute Gasteiger partial charge is 0.454 e. The number of hydrogen-bond donors (Lipinski definition) is 1. The summed E-state index contributed by atoms with van der Waals surface area (Å²) in [5.74, 6) is -1.86. The molecule has 0 aliphatic rings. The van der Waals surface area contributed by atoms with Gasteiger partial charge in [0.05, 0.1) is 0 Å². The average molecular weight is 291 g/mol. The van der Waals surface area contributed by atoms with Gasteiger partial charge in [0, 0.05) is 11.3 Å². The fourth-order valence-corrected chi connectivity index (χ4v) is 1.84. The van der Waals surface area contributed by atoms with E-state index in [0.29, 0.717) is 11.3 Å². The Morgan fingerprint density at radius 3 is 2.05 bits per heavy atom. The summed E-state index contributed by atoms with van der Waals surface area (Å²) in [5.41, 5.74) is 6.75. The van der Waals surface area contributed by atoms with E-state index in [1.54, 1.807) is 36.4 Å². The van der Waals surface area contributed by atoms with Gasteiger partial charge in [0.1, 0.15) is 0 Å². The lowest BCUT2D eigenvalue weighted by atomic mass is 10.0. The second kappa shape index (κ2) is 5.83. The summed E-state index contributed by atoms with van der Waals surface area (Å²) in [6, 6.07) is 12.5.